The van der Waals surface area contributed by atoms with Crippen LogP contribution < -0.4 is 20.3 Å². The molecule has 0 aliphatic carbocycles. The van der Waals surface area contributed by atoms with E-state index >= 15 is 4.39 Å². The number of nitrogens with one attached hydrogen (secondary N) is 3. The van der Waals surface area contributed by atoms with E-state index in [9.17, 15) is 18.8 Å². The molecule has 11 nitrogen and oxygen atoms in total. The molecule has 4 amide bonds. The van der Waals surface area contributed by atoms with E-state index in [-0.39, 0.29) is 29.7 Å². The molecule has 3 N–H and O–H groups in total. The number of carbonyl (C=O) groups excluding carboxylic acids is 3. The summed E-state index contributed by atoms with van der Waals surface area (Å²) in [6.07, 6.45) is 1.49. The van der Waals surface area contributed by atoms with E-state index in [2.05, 4.69) is 25.8 Å². The minimum Gasteiger partial charge on any atom is -0.453 e. The Labute approximate surface area is 227 Å². The highest BCUT2D eigenvalue weighted by Gasteiger charge is 2.44. The number of anilines is 3. The van der Waals surface area contributed by atoms with Crippen molar-refractivity contribution < 1.29 is 27.9 Å². The van der Waals surface area contributed by atoms with Crippen molar-refractivity contribution in [3.8, 4) is 11.5 Å². The fourth-order valence-corrected chi connectivity index (χ4v) is 4.38. The summed E-state index contributed by atoms with van der Waals surface area (Å²) in [6, 6.07) is 9.28. The molecule has 2 aromatic heterocycles. The van der Waals surface area contributed by atoms with E-state index in [1.807, 2.05) is 0 Å². The number of aromatic amines is 1. The molecule has 0 radical (unpaired) electrons. The number of carbonyl (C=O) groups is 3. The van der Waals surface area contributed by atoms with Gasteiger partial charge in [-0.15, -0.1) is 0 Å². The number of fused-ring (bicyclic) bond motifs is 1. The molecule has 1 aliphatic rings. The fourth-order valence-electron chi connectivity index (χ4n) is 4.38. The molecule has 4 aromatic rings. The number of urea groups is 1. The van der Waals surface area contributed by atoms with Crippen LogP contribution in [0.1, 0.15) is 13.8 Å². The van der Waals surface area contributed by atoms with Crippen LogP contribution in [-0.2, 0) is 9.59 Å². The number of benzene rings is 2. The summed E-state index contributed by atoms with van der Waals surface area (Å²) in [4.78, 5) is 46.0. The molecule has 2 aromatic carbocycles. The lowest BCUT2D eigenvalue weighted by molar-refractivity contribution is -0.132. The Morgan fingerprint density at radius 3 is 2.52 bits per heavy atom. The smallest absolute Gasteiger partial charge is 0.331 e. The van der Waals surface area contributed by atoms with E-state index in [0.29, 0.717) is 22.6 Å². The van der Waals surface area contributed by atoms with E-state index in [4.69, 9.17) is 4.74 Å². The first-order valence-corrected chi connectivity index (χ1v) is 12.4. The van der Waals surface area contributed by atoms with Gasteiger partial charge in [-0.3, -0.25) is 14.7 Å². The molecule has 1 unspecified atom stereocenters. The molecule has 206 valence electrons. The number of nitrogens with zero attached hydrogens (tertiary/aromatic N) is 4. The zero-order chi connectivity index (χ0) is 28.6. The summed E-state index contributed by atoms with van der Waals surface area (Å²) < 4.78 is 34.3. The third kappa shape index (κ3) is 4.88. The van der Waals surface area contributed by atoms with Gasteiger partial charge >= 0.3 is 6.03 Å². The number of imide groups is 1. The van der Waals surface area contributed by atoms with Crippen LogP contribution in [-0.4, -0.2) is 57.6 Å². The van der Waals surface area contributed by atoms with Gasteiger partial charge in [-0.05, 0) is 50.2 Å². The molecule has 0 bridgehead atoms. The molecular formula is C27H25F2N7O4. The van der Waals surface area contributed by atoms with Crippen LogP contribution in [0.2, 0.25) is 0 Å². The van der Waals surface area contributed by atoms with Crippen molar-refractivity contribution in [2.24, 2.45) is 5.92 Å². The average molecular weight is 550 g/mol. The first kappa shape index (κ1) is 26.5. The lowest BCUT2D eigenvalue weighted by atomic mass is 10.0. The Bertz CT molecular complexity index is 1610. The summed E-state index contributed by atoms with van der Waals surface area (Å²) >= 11 is 0. The van der Waals surface area contributed by atoms with Gasteiger partial charge in [-0.2, -0.15) is 5.10 Å². The minimum atomic E-state index is -1.28. The summed E-state index contributed by atoms with van der Waals surface area (Å²) in [5, 5.41) is 12.9. The third-order valence-electron chi connectivity index (χ3n) is 6.44. The predicted octanol–water partition coefficient (Wildman–Crippen LogP) is 4.50. The number of hydrogen-bond acceptors (Lipinski definition) is 7. The normalized spacial score (nSPS) is 15.6. The lowest BCUT2D eigenvalue weighted by Crippen LogP contribution is -2.61. The predicted molar refractivity (Wildman–Crippen MR) is 143 cm³/mol. The van der Waals surface area contributed by atoms with Crippen LogP contribution in [0.3, 0.4) is 0 Å². The van der Waals surface area contributed by atoms with Gasteiger partial charge in [0.15, 0.2) is 23.0 Å². The van der Waals surface area contributed by atoms with Crippen molar-refractivity contribution in [3.63, 3.8) is 0 Å². The van der Waals surface area contributed by atoms with E-state index in [1.165, 1.54) is 35.4 Å². The number of amides is 4. The Hall–Kier alpha value is -5.07. The minimum absolute atomic E-state index is 0.0862. The fraction of sp³-hybridized carbons (Fsp3) is 0.222. The van der Waals surface area contributed by atoms with E-state index in [1.54, 1.807) is 27.0 Å². The number of rotatable bonds is 7. The molecule has 1 aliphatic heterocycles. The van der Waals surface area contributed by atoms with Gasteiger partial charge < -0.3 is 20.3 Å². The van der Waals surface area contributed by atoms with Gasteiger partial charge in [-0.25, -0.2) is 23.5 Å². The second kappa shape index (κ2) is 10.6. The molecule has 5 rings (SSSR count). The number of pyridine rings is 1. The molecule has 0 saturated carbocycles. The maximum Gasteiger partial charge on any atom is 0.331 e. The van der Waals surface area contributed by atoms with Crippen LogP contribution in [0.4, 0.5) is 30.8 Å². The summed E-state index contributed by atoms with van der Waals surface area (Å²) in [6.45, 7) is 3.33. The number of hydrogen-bond donors (Lipinski definition) is 3. The Balaban J connectivity index is 1.36. The Morgan fingerprint density at radius 2 is 1.85 bits per heavy atom. The number of aromatic nitrogens is 3. The van der Waals surface area contributed by atoms with Crippen molar-refractivity contribution in [1.82, 2.24) is 20.1 Å². The molecule has 1 saturated heterocycles. The van der Waals surface area contributed by atoms with Gasteiger partial charge in [-0.1, -0.05) is 0 Å². The summed E-state index contributed by atoms with van der Waals surface area (Å²) in [5.74, 6) is -3.40. The molecule has 40 heavy (non-hydrogen) atoms. The van der Waals surface area contributed by atoms with Gasteiger partial charge in [0.2, 0.25) is 11.8 Å². The average Bonchev–Trinajstić information content (AvgIpc) is 3.35. The van der Waals surface area contributed by atoms with Crippen molar-refractivity contribution in [3.05, 3.63) is 66.4 Å². The van der Waals surface area contributed by atoms with Gasteiger partial charge in [0.1, 0.15) is 22.9 Å². The molecule has 3 heterocycles. The summed E-state index contributed by atoms with van der Waals surface area (Å²) in [5.41, 5.74) is 0.673. The zero-order valence-electron chi connectivity index (χ0n) is 21.7. The van der Waals surface area contributed by atoms with Gasteiger partial charge in [0, 0.05) is 43.7 Å². The van der Waals surface area contributed by atoms with Crippen LogP contribution in [0.25, 0.3) is 11.0 Å². The molecule has 1 atom stereocenters. The SMILES string of the molecule is CNc1n[nH]c2nccc(Oc3ccc(NC(=O)C4CN(C(C)C)C(=O)N(c5ccc(F)cc5)C4=O)cc3F)c12. The van der Waals surface area contributed by atoms with Crippen LogP contribution in [0, 0.1) is 17.6 Å². The maximum atomic E-state index is 15.1. The third-order valence-corrected chi connectivity index (χ3v) is 6.44. The quantitative estimate of drug-likeness (QED) is 0.289. The van der Waals surface area contributed by atoms with Crippen LogP contribution in [0.15, 0.2) is 54.7 Å². The van der Waals surface area contributed by atoms with Crippen molar-refractivity contribution in [2.45, 2.75) is 19.9 Å². The topological polar surface area (TPSA) is 133 Å². The molecule has 13 heteroatoms. The highest BCUT2D eigenvalue weighted by molar-refractivity contribution is 6.23. The maximum absolute atomic E-state index is 15.1. The van der Waals surface area contributed by atoms with Gasteiger partial charge in [0.25, 0.3) is 0 Å². The van der Waals surface area contributed by atoms with Crippen molar-refractivity contribution in [1.29, 1.82) is 0 Å². The largest absolute Gasteiger partial charge is 0.453 e. The Morgan fingerprint density at radius 1 is 1.10 bits per heavy atom. The number of ether oxygens (including phenoxy) is 1. The van der Waals surface area contributed by atoms with Crippen LogP contribution >= 0.6 is 0 Å². The number of H-pyrrole nitrogens is 1. The van der Waals surface area contributed by atoms with Crippen LogP contribution in [0.5, 0.6) is 11.5 Å². The number of halogens is 2. The molecular weight excluding hydrogens is 524 g/mol. The first-order valence-electron chi connectivity index (χ1n) is 12.4. The molecule has 1 fully saturated rings. The first-order chi connectivity index (χ1) is 19.2. The summed E-state index contributed by atoms with van der Waals surface area (Å²) in [7, 11) is 1.68. The standard InChI is InChI=1S/C27H25F2N7O4/c1-14(2)35-13-18(26(38)36(27(35)39)17-7-4-15(28)5-8-17)25(37)32-16-6-9-20(19(29)12-16)40-21-10-11-31-24-22(21)23(30-3)33-34-24/h4-12,14,18H,13H2,1-3H3,(H,32,37)(H2,30,31,33,34). The highest BCUT2D eigenvalue weighted by atomic mass is 19.1. The second-order valence-corrected chi connectivity index (χ2v) is 9.32. The van der Waals surface area contributed by atoms with Crippen molar-refractivity contribution in [2.75, 3.05) is 29.1 Å². The lowest BCUT2D eigenvalue weighted by Gasteiger charge is -2.39. The Kier molecular flexibility index (Phi) is 7.03. The highest BCUT2D eigenvalue weighted by Crippen LogP contribution is 2.34. The van der Waals surface area contributed by atoms with E-state index < -0.39 is 35.4 Å². The monoisotopic (exact) mass is 549 g/mol. The zero-order valence-corrected chi connectivity index (χ0v) is 21.7. The molecule has 0 spiro atoms. The van der Waals surface area contributed by atoms with Crippen molar-refractivity contribution >= 4 is 46.1 Å². The van der Waals surface area contributed by atoms with E-state index in [0.717, 1.165) is 23.1 Å². The second-order valence-electron chi connectivity index (χ2n) is 9.32. The van der Waals surface area contributed by atoms with Gasteiger partial charge in [0.05, 0.1) is 5.69 Å².